The molecule has 0 aliphatic rings. The zero-order chi connectivity index (χ0) is 5.70. The summed E-state index contributed by atoms with van der Waals surface area (Å²) in [5.74, 6) is 0.547. The Hall–Kier alpha value is -0.440. The Balaban J connectivity index is 3.46. The number of rotatable bonds is 1. The van der Waals surface area contributed by atoms with Crippen LogP contribution >= 0.6 is 12.6 Å². The van der Waals surface area contributed by atoms with Crippen LogP contribution in [0.4, 0.5) is 0 Å². The molecule has 0 saturated heterocycles. The van der Waals surface area contributed by atoms with Crippen LogP contribution in [0.25, 0.3) is 0 Å². The maximum Gasteiger partial charge on any atom is 0.0957 e. The number of nitrogens with zero attached hydrogens (tertiary/aromatic N) is 1. The molecule has 0 saturated carbocycles. The van der Waals surface area contributed by atoms with Gasteiger partial charge < -0.3 is 5.73 Å². The standard InChI is InChI=1S/C4H8N2S/c1-4(5)6-2-3-7/h2-3,7H,1H3,(H2,5,6)/b3-2-. The van der Waals surface area contributed by atoms with Crippen LogP contribution in [-0.4, -0.2) is 5.84 Å². The molecule has 0 heterocycles. The van der Waals surface area contributed by atoms with Crippen molar-refractivity contribution >= 4 is 18.5 Å². The summed E-state index contributed by atoms with van der Waals surface area (Å²) >= 11 is 3.75. The monoisotopic (exact) mass is 116 g/mol. The molecule has 0 unspecified atom stereocenters. The first-order chi connectivity index (χ1) is 3.27. The third-order valence-corrected chi connectivity index (χ3v) is 0.478. The normalized spacial score (nSPS) is 13.1. The van der Waals surface area contributed by atoms with E-state index < -0.39 is 0 Å². The first-order valence-corrected chi connectivity index (χ1v) is 2.38. The van der Waals surface area contributed by atoms with Gasteiger partial charge in [0.2, 0.25) is 0 Å². The summed E-state index contributed by atoms with van der Waals surface area (Å²) in [5, 5.41) is 1.52. The summed E-state index contributed by atoms with van der Waals surface area (Å²) in [6.07, 6.45) is 1.53. The van der Waals surface area contributed by atoms with E-state index in [0.717, 1.165) is 0 Å². The van der Waals surface area contributed by atoms with Crippen molar-refractivity contribution in [2.24, 2.45) is 10.7 Å². The second kappa shape index (κ2) is 3.74. The highest BCUT2D eigenvalue weighted by Crippen LogP contribution is 1.77. The highest BCUT2D eigenvalue weighted by atomic mass is 32.1. The molecule has 0 radical (unpaired) electrons. The molecule has 0 fully saturated rings. The van der Waals surface area contributed by atoms with Gasteiger partial charge in [-0.25, -0.2) is 4.99 Å². The Morgan fingerprint density at radius 2 is 2.43 bits per heavy atom. The molecular weight excluding hydrogens is 108 g/mol. The average molecular weight is 116 g/mol. The molecule has 0 amide bonds. The zero-order valence-electron chi connectivity index (χ0n) is 4.13. The summed E-state index contributed by atoms with van der Waals surface area (Å²) in [4.78, 5) is 3.68. The first kappa shape index (κ1) is 6.56. The summed E-state index contributed by atoms with van der Waals surface area (Å²) in [6, 6.07) is 0. The predicted molar refractivity (Wildman–Crippen MR) is 35.4 cm³/mol. The summed E-state index contributed by atoms with van der Waals surface area (Å²) in [5.41, 5.74) is 5.14. The van der Waals surface area contributed by atoms with Crippen molar-refractivity contribution in [3.05, 3.63) is 11.6 Å². The topological polar surface area (TPSA) is 38.4 Å². The van der Waals surface area contributed by atoms with E-state index in [-0.39, 0.29) is 0 Å². The van der Waals surface area contributed by atoms with Crippen LogP contribution in [-0.2, 0) is 0 Å². The molecular formula is C4H8N2S. The fourth-order valence-electron chi connectivity index (χ4n) is 0.151. The lowest BCUT2D eigenvalue weighted by Crippen LogP contribution is -2.03. The number of aliphatic imine (C=N–C) groups is 1. The smallest absolute Gasteiger partial charge is 0.0957 e. The van der Waals surface area contributed by atoms with Gasteiger partial charge in [0.1, 0.15) is 0 Å². The number of hydrogen-bond acceptors (Lipinski definition) is 2. The summed E-state index contributed by atoms with van der Waals surface area (Å²) in [7, 11) is 0. The van der Waals surface area contributed by atoms with Gasteiger partial charge in [-0.1, -0.05) is 0 Å². The highest BCUT2D eigenvalue weighted by molar-refractivity contribution is 7.83. The van der Waals surface area contributed by atoms with Crippen LogP contribution in [0.1, 0.15) is 6.92 Å². The van der Waals surface area contributed by atoms with Gasteiger partial charge in [0.15, 0.2) is 0 Å². The van der Waals surface area contributed by atoms with Gasteiger partial charge in [-0.15, -0.1) is 12.6 Å². The minimum Gasteiger partial charge on any atom is -0.387 e. The second-order valence-electron chi connectivity index (χ2n) is 1.07. The lowest BCUT2D eigenvalue weighted by molar-refractivity contribution is 1.48. The average Bonchev–Trinajstić information content (AvgIpc) is 1.61. The van der Waals surface area contributed by atoms with Crippen LogP contribution in [0.2, 0.25) is 0 Å². The molecule has 0 aliphatic heterocycles. The van der Waals surface area contributed by atoms with Crippen molar-refractivity contribution in [3.8, 4) is 0 Å². The van der Waals surface area contributed by atoms with Gasteiger partial charge in [-0.05, 0) is 12.3 Å². The molecule has 3 heteroatoms. The zero-order valence-corrected chi connectivity index (χ0v) is 5.02. The first-order valence-electron chi connectivity index (χ1n) is 1.86. The molecule has 7 heavy (non-hydrogen) atoms. The maximum absolute atomic E-state index is 5.14. The van der Waals surface area contributed by atoms with Crippen LogP contribution in [0, 0.1) is 0 Å². The SMILES string of the molecule is CC(N)=N/C=C\S. The molecule has 2 N–H and O–H groups in total. The third-order valence-electron chi connectivity index (χ3n) is 0.345. The molecule has 40 valence electrons. The second-order valence-corrected chi connectivity index (χ2v) is 1.37. The molecule has 0 spiro atoms. The van der Waals surface area contributed by atoms with E-state index in [0.29, 0.717) is 5.84 Å². The number of amidine groups is 1. The van der Waals surface area contributed by atoms with Crippen molar-refractivity contribution in [1.82, 2.24) is 0 Å². The minimum absolute atomic E-state index is 0.547. The van der Waals surface area contributed by atoms with Crippen molar-refractivity contribution in [2.75, 3.05) is 0 Å². The van der Waals surface area contributed by atoms with Crippen molar-refractivity contribution in [3.63, 3.8) is 0 Å². The van der Waals surface area contributed by atoms with Gasteiger partial charge in [0.25, 0.3) is 0 Å². The van der Waals surface area contributed by atoms with Crippen LogP contribution in [0.3, 0.4) is 0 Å². The van der Waals surface area contributed by atoms with Gasteiger partial charge in [-0.2, -0.15) is 0 Å². The van der Waals surface area contributed by atoms with Crippen LogP contribution in [0.5, 0.6) is 0 Å². The fraction of sp³-hybridized carbons (Fsp3) is 0.250. The molecule has 0 bridgehead atoms. The highest BCUT2D eigenvalue weighted by Gasteiger charge is 1.66. The minimum atomic E-state index is 0.547. The fourth-order valence-corrected chi connectivity index (χ4v) is 0.218. The van der Waals surface area contributed by atoms with E-state index in [1.807, 2.05) is 0 Å². The Morgan fingerprint density at radius 3 is 2.57 bits per heavy atom. The van der Waals surface area contributed by atoms with Gasteiger partial charge in [0, 0.05) is 6.20 Å². The largest absolute Gasteiger partial charge is 0.387 e. The number of nitrogens with two attached hydrogens (primary N) is 1. The predicted octanol–water partition coefficient (Wildman–Crippen LogP) is 0.764. The van der Waals surface area contributed by atoms with E-state index in [4.69, 9.17) is 5.73 Å². The quantitative estimate of drug-likeness (QED) is 0.296. The number of hydrogen-bond donors (Lipinski definition) is 2. The molecule has 0 rings (SSSR count). The van der Waals surface area contributed by atoms with Gasteiger partial charge in [0.05, 0.1) is 5.84 Å². The van der Waals surface area contributed by atoms with E-state index in [1.54, 1.807) is 6.92 Å². The van der Waals surface area contributed by atoms with Crippen LogP contribution in [0.15, 0.2) is 16.6 Å². The maximum atomic E-state index is 5.14. The van der Waals surface area contributed by atoms with E-state index in [9.17, 15) is 0 Å². The Labute approximate surface area is 48.5 Å². The number of thiol groups is 1. The van der Waals surface area contributed by atoms with Gasteiger partial charge in [-0.3, -0.25) is 0 Å². The Kier molecular flexibility index (Phi) is 3.50. The lowest BCUT2D eigenvalue weighted by atomic mass is 10.7. The van der Waals surface area contributed by atoms with E-state index in [1.165, 1.54) is 11.6 Å². The molecule has 2 nitrogen and oxygen atoms in total. The summed E-state index contributed by atoms with van der Waals surface area (Å²) < 4.78 is 0. The van der Waals surface area contributed by atoms with Crippen molar-refractivity contribution in [2.45, 2.75) is 6.92 Å². The molecule has 0 aromatic carbocycles. The van der Waals surface area contributed by atoms with E-state index >= 15 is 0 Å². The molecule has 0 aromatic heterocycles. The van der Waals surface area contributed by atoms with E-state index in [2.05, 4.69) is 17.6 Å². The molecule has 0 aliphatic carbocycles. The Morgan fingerprint density at radius 1 is 1.86 bits per heavy atom. The third kappa shape index (κ3) is 5.56. The van der Waals surface area contributed by atoms with Gasteiger partial charge >= 0.3 is 0 Å². The summed E-state index contributed by atoms with van der Waals surface area (Å²) in [6.45, 7) is 1.72. The molecule has 0 aromatic rings. The molecule has 0 atom stereocenters. The van der Waals surface area contributed by atoms with Crippen molar-refractivity contribution in [1.29, 1.82) is 0 Å². The van der Waals surface area contributed by atoms with Crippen LogP contribution < -0.4 is 5.73 Å². The Bertz CT molecular complexity index is 91.9. The lowest BCUT2D eigenvalue weighted by Gasteiger charge is -1.79. The van der Waals surface area contributed by atoms with Crippen molar-refractivity contribution < 1.29 is 0 Å².